The van der Waals surface area contributed by atoms with Gasteiger partial charge in [0.1, 0.15) is 5.75 Å². The summed E-state index contributed by atoms with van der Waals surface area (Å²) < 4.78 is 11.4. The lowest BCUT2D eigenvalue weighted by molar-refractivity contribution is 0.0510. The highest BCUT2D eigenvalue weighted by Gasteiger charge is 2.06. The van der Waals surface area contributed by atoms with Crippen LogP contribution in [0.5, 0.6) is 5.75 Å². The minimum atomic E-state index is 0.180. The van der Waals surface area contributed by atoms with E-state index in [-0.39, 0.29) is 6.79 Å². The van der Waals surface area contributed by atoms with Gasteiger partial charge in [-0.1, -0.05) is 0 Å². The molecule has 0 heterocycles. The number of methoxy groups -OCH3 is 1. The molecule has 0 saturated heterocycles. The molecule has 14 heavy (non-hydrogen) atoms. The van der Waals surface area contributed by atoms with Crippen LogP contribution >= 0.6 is 31.9 Å². The zero-order valence-electron chi connectivity index (χ0n) is 7.42. The molecule has 0 amide bonds. The lowest BCUT2D eigenvalue weighted by Gasteiger charge is -2.07. The van der Waals surface area contributed by atoms with Crippen molar-refractivity contribution in [2.45, 2.75) is 0 Å². The van der Waals surface area contributed by atoms with Gasteiger partial charge in [0.05, 0.1) is 0 Å². The number of ether oxygens (including phenoxy) is 2. The van der Waals surface area contributed by atoms with Crippen molar-refractivity contribution in [3.63, 3.8) is 0 Å². The Morgan fingerprint density at radius 2 is 1.93 bits per heavy atom. The van der Waals surface area contributed by atoms with Crippen LogP contribution < -0.4 is 4.74 Å². The molecule has 0 saturated carbocycles. The van der Waals surface area contributed by atoms with Crippen molar-refractivity contribution in [1.29, 1.82) is 0 Å². The Bertz CT molecular complexity index is 316. The molecular weight excluding hydrogens is 316 g/mol. The number of hydrogen-bond donors (Lipinski definition) is 0. The van der Waals surface area contributed by atoms with Crippen molar-refractivity contribution in [2.75, 3.05) is 13.9 Å². The fourth-order valence-electron chi connectivity index (χ4n) is 0.884. The summed E-state index contributed by atoms with van der Waals surface area (Å²) in [4.78, 5) is 10.6. The zero-order chi connectivity index (χ0) is 10.6. The molecule has 0 fully saturated rings. The molecule has 1 aromatic carbocycles. The maximum atomic E-state index is 10.6. The summed E-state index contributed by atoms with van der Waals surface area (Å²) >= 11 is 6.54. The van der Waals surface area contributed by atoms with Crippen LogP contribution in [-0.4, -0.2) is 20.2 Å². The number of benzene rings is 1. The smallest absolute Gasteiger partial charge is 0.188 e. The van der Waals surface area contributed by atoms with Gasteiger partial charge in [0.25, 0.3) is 0 Å². The quantitative estimate of drug-likeness (QED) is 0.631. The molecule has 5 heteroatoms. The van der Waals surface area contributed by atoms with E-state index in [1.165, 1.54) is 0 Å². The molecule has 0 aliphatic carbocycles. The van der Waals surface area contributed by atoms with Crippen LogP contribution in [0.1, 0.15) is 10.4 Å². The molecule has 0 aliphatic rings. The van der Waals surface area contributed by atoms with Crippen LogP contribution in [-0.2, 0) is 4.74 Å². The van der Waals surface area contributed by atoms with Crippen molar-refractivity contribution in [3.8, 4) is 5.75 Å². The minimum absolute atomic E-state index is 0.180. The predicted octanol–water partition coefficient (Wildman–Crippen LogP) is 3.01. The van der Waals surface area contributed by atoms with Gasteiger partial charge in [-0.3, -0.25) is 4.79 Å². The molecule has 0 N–H and O–H groups in total. The molecule has 0 atom stereocenters. The lowest BCUT2D eigenvalue weighted by Crippen LogP contribution is -1.99. The number of carbonyl (C=O) groups excluding carboxylic acids is 1. The van der Waals surface area contributed by atoms with Crippen molar-refractivity contribution >= 4 is 38.1 Å². The van der Waals surface area contributed by atoms with E-state index in [9.17, 15) is 4.79 Å². The second-order valence-corrected chi connectivity index (χ2v) is 4.18. The molecule has 0 spiro atoms. The van der Waals surface area contributed by atoms with Gasteiger partial charge in [0.15, 0.2) is 13.1 Å². The van der Waals surface area contributed by atoms with Gasteiger partial charge >= 0.3 is 0 Å². The van der Waals surface area contributed by atoms with E-state index in [2.05, 4.69) is 31.9 Å². The first-order valence-corrected chi connectivity index (χ1v) is 5.33. The predicted molar refractivity (Wildman–Crippen MR) is 59.7 cm³/mol. The van der Waals surface area contributed by atoms with Crippen molar-refractivity contribution in [2.24, 2.45) is 0 Å². The van der Waals surface area contributed by atoms with Gasteiger partial charge in [-0.2, -0.15) is 0 Å². The van der Waals surface area contributed by atoms with Crippen molar-refractivity contribution in [3.05, 3.63) is 26.6 Å². The second-order valence-electron chi connectivity index (χ2n) is 2.47. The molecule has 1 rings (SSSR count). The number of rotatable bonds is 4. The monoisotopic (exact) mass is 322 g/mol. The van der Waals surface area contributed by atoms with Gasteiger partial charge in [0.2, 0.25) is 0 Å². The fraction of sp³-hybridized carbons (Fsp3) is 0.222. The van der Waals surface area contributed by atoms with Gasteiger partial charge in [-0.25, -0.2) is 0 Å². The Balaban J connectivity index is 2.95. The van der Waals surface area contributed by atoms with Gasteiger partial charge in [-0.15, -0.1) is 0 Å². The van der Waals surface area contributed by atoms with E-state index in [0.717, 1.165) is 6.29 Å². The summed E-state index contributed by atoms with van der Waals surface area (Å²) in [5, 5.41) is 0. The third-order valence-electron chi connectivity index (χ3n) is 1.51. The topological polar surface area (TPSA) is 35.5 Å². The van der Waals surface area contributed by atoms with Gasteiger partial charge < -0.3 is 9.47 Å². The number of hydrogen-bond acceptors (Lipinski definition) is 3. The van der Waals surface area contributed by atoms with Gasteiger partial charge in [0, 0.05) is 21.6 Å². The number of carbonyl (C=O) groups is 1. The Morgan fingerprint density at radius 3 is 2.36 bits per heavy atom. The summed E-state index contributed by atoms with van der Waals surface area (Å²) in [6, 6.07) is 3.43. The Kier molecular flexibility index (Phi) is 4.57. The third kappa shape index (κ3) is 2.80. The maximum absolute atomic E-state index is 10.6. The van der Waals surface area contributed by atoms with Crippen LogP contribution in [0.25, 0.3) is 0 Å². The highest BCUT2D eigenvalue weighted by molar-refractivity contribution is 9.11. The summed E-state index contributed by atoms with van der Waals surface area (Å²) in [6.45, 7) is 0.180. The summed E-state index contributed by atoms with van der Waals surface area (Å²) in [5.41, 5.74) is 0.565. The molecule has 0 unspecified atom stereocenters. The molecule has 3 nitrogen and oxygen atoms in total. The molecule has 0 radical (unpaired) electrons. The van der Waals surface area contributed by atoms with E-state index in [0.29, 0.717) is 20.3 Å². The average molecular weight is 324 g/mol. The summed E-state index contributed by atoms with van der Waals surface area (Å²) in [6.07, 6.45) is 0.772. The molecule has 0 aromatic heterocycles. The van der Waals surface area contributed by atoms with Crippen LogP contribution in [0.15, 0.2) is 21.1 Å². The zero-order valence-corrected chi connectivity index (χ0v) is 10.6. The minimum Gasteiger partial charge on any atom is -0.467 e. The summed E-state index contributed by atoms with van der Waals surface area (Å²) in [5.74, 6) is 0.635. The lowest BCUT2D eigenvalue weighted by atomic mass is 10.2. The first-order chi connectivity index (χ1) is 6.69. The molecular formula is C9H8Br2O3. The highest BCUT2D eigenvalue weighted by Crippen LogP contribution is 2.29. The van der Waals surface area contributed by atoms with Crippen LogP contribution in [0.3, 0.4) is 0 Å². The summed E-state index contributed by atoms with van der Waals surface area (Å²) in [7, 11) is 1.55. The SMILES string of the molecule is COCOc1cc(Br)c(C=O)c(Br)c1. The van der Waals surface area contributed by atoms with E-state index in [4.69, 9.17) is 9.47 Å². The van der Waals surface area contributed by atoms with Crippen LogP contribution in [0.2, 0.25) is 0 Å². The molecule has 1 aromatic rings. The second kappa shape index (κ2) is 5.48. The van der Waals surface area contributed by atoms with E-state index >= 15 is 0 Å². The van der Waals surface area contributed by atoms with Crippen LogP contribution in [0, 0.1) is 0 Å². The number of halogens is 2. The Morgan fingerprint density at radius 1 is 1.36 bits per heavy atom. The van der Waals surface area contributed by atoms with E-state index in [1.807, 2.05) is 0 Å². The molecule has 76 valence electrons. The normalized spacial score (nSPS) is 9.93. The third-order valence-corrected chi connectivity index (χ3v) is 2.83. The van der Waals surface area contributed by atoms with Gasteiger partial charge in [-0.05, 0) is 44.0 Å². The van der Waals surface area contributed by atoms with E-state index < -0.39 is 0 Å². The maximum Gasteiger partial charge on any atom is 0.188 e. The van der Waals surface area contributed by atoms with E-state index in [1.54, 1.807) is 19.2 Å². The molecule has 0 bridgehead atoms. The first kappa shape index (κ1) is 11.7. The standard InChI is InChI=1S/C9H8Br2O3/c1-13-5-14-6-2-8(10)7(4-12)9(11)3-6/h2-4H,5H2,1H3. The molecule has 0 aliphatic heterocycles. The first-order valence-electron chi connectivity index (χ1n) is 3.75. The largest absolute Gasteiger partial charge is 0.467 e. The Hall–Kier alpha value is -0.390. The van der Waals surface area contributed by atoms with Crippen molar-refractivity contribution < 1.29 is 14.3 Å². The fourth-order valence-corrected chi connectivity index (χ4v) is 2.22. The van der Waals surface area contributed by atoms with Crippen LogP contribution in [0.4, 0.5) is 0 Å². The highest BCUT2D eigenvalue weighted by atomic mass is 79.9. The van der Waals surface area contributed by atoms with Crippen molar-refractivity contribution in [1.82, 2.24) is 0 Å². The Labute approximate surface area is 98.6 Å². The average Bonchev–Trinajstić information content (AvgIpc) is 2.14. The number of aldehydes is 1.